The van der Waals surface area contributed by atoms with E-state index < -0.39 is 51.2 Å². The fourth-order valence-corrected chi connectivity index (χ4v) is 6.20. The monoisotopic (exact) mass is 695 g/mol. The lowest BCUT2D eigenvalue weighted by Gasteiger charge is -2.35. The number of aromatic nitrogens is 2. The van der Waals surface area contributed by atoms with Crippen LogP contribution in [0.25, 0.3) is 11.4 Å². The van der Waals surface area contributed by atoms with Crippen molar-refractivity contribution in [2.45, 2.75) is 62.8 Å². The molecular weight excluding hydrogens is 654 g/mol. The maximum Gasteiger partial charge on any atom is 0.527 e. The molecule has 262 valence electrons. The Morgan fingerprint density at radius 1 is 0.918 bits per heavy atom. The zero-order valence-electron chi connectivity index (χ0n) is 28.0. The number of ether oxygens (including phenoxy) is 2. The number of sulfone groups is 1. The van der Waals surface area contributed by atoms with Crippen molar-refractivity contribution in [2.75, 3.05) is 32.8 Å². The van der Waals surface area contributed by atoms with Crippen molar-refractivity contribution < 1.29 is 41.9 Å². The van der Waals surface area contributed by atoms with Gasteiger partial charge in [-0.15, -0.1) is 5.06 Å². The first-order chi connectivity index (χ1) is 23.2. The molecule has 3 aromatic rings. The summed E-state index contributed by atoms with van der Waals surface area (Å²) in [5.41, 5.74) is -0.275. The van der Waals surface area contributed by atoms with Crippen molar-refractivity contribution in [1.82, 2.24) is 25.2 Å². The molecule has 14 nitrogen and oxygen atoms in total. The van der Waals surface area contributed by atoms with Gasteiger partial charge in [-0.3, -0.25) is 14.4 Å². The Morgan fingerprint density at radius 3 is 2.16 bits per heavy atom. The van der Waals surface area contributed by atoms with Crippen LogP contribution in [0.4, 0.5) is 4.79 Å². The van der Waals surface area contributed by atoms with E-state index in [1.165, 1.54) is 28.2 Å². The second kappa shape index (κ2) is 16.5. The molecule has 0 unspecified atom stereocenters. The Morgan fingerprint density at radius 2 is 1.55 bits per heavy atom. The van der Waals surface area contributed by atoms with Gasteiger partial charge in [-0.1, -0.05) is 48.5 Å². The van der Waals surface area contributed by atoms with Crippen molar-refractivity contribution >= 4 is 33.8 Å². The van der Waals surface area contributed by atoms with Crippen LogP contribution < -0.4 is 5.32 Å². The van der Waals surface area contributed by atoms with E-state index in [-0.39, 0.29) is 67.7 Å². The van der Waals surface area contributed by atoms with Crippen LogP contribution in [0, 0.1) is 0 Å². The SMILES string of the molecule is CCOC(=O)ON1CCN(C(=O)[C@H](CCC(=O)OC(C)(C)C)NC(=O)c2cc(CS(=O)(=O)c3ccccc3)nc(-c3ccccc3)n2)CC1. The summed E-state index contributed by atoms with van der Waals surface area (Å²) in [6.07, 6.45) is -1.09. The highest BCUT2D eigenvalue weighted by atomic mass is 32.2. The summed E-state index contributed by atoms with van der Waals surface area (Å²) in [5, 5.41) is 4.09. The fourth-order valence-electron chi connectivity index (χ4n) is 4.92. The van der Waals surface area contributed by atoms with Gasteiger partial charge in [0.15, 0.2) is 15.7 Å². The van der Waals surface area contributed by atoms with Crippen LogP contribution in [0.5, 0.6) is 0 Å². The van der Waals surface area contributed by atoms with Crippen LogP contribution in [-0.2, 0) is 39.5 Å². The molecule has 0 spiro atoms. The number of carbonyl (C=O) groups is 4. The number of nitrogens with zero attached hydrogens (tertiary/aromatic N) is 4. The van der Waals surface area contributed by atoms with Gasteiger partial charge in [0.1, 0.15) is 17.3 Å². The van der Waals surface area contributed by atoms with Gasteiger partial charge in [-0.05, 0) is 52.3 Å². The zero-order chi connectivity index (χ0) is 35.6. The molecule has 2 amide bonds. The Balaban J connectivity index is 1.59. The third-order valence-electron chi connectivity index (χ3n) is 7.16. The van der Waals surface area contributed by atoms with Crippen LogP contribution in [0.15, 0.2) is 71.6 Å². The molecule has 2 aromatic carbocycles. The zero-order valence-corrected chi connectivity index (χ0v) is 28.8. The van der Waals surface area contributed by atoms with Crippen molar-refractivity contribution in [3.63, 3.8) is 0 Å². The van der Waals surface area contributed by atoms with Gasteiger partial charge in [-0.25, -0.2) is 23.2 Å². The van der Waals surface area contributed by atoms with Crippen LogP contribution >= 0.6 is 0 Å². The summed E-state index contributed by atoms with van der Waals surface area (Å²) in [6.45, 7) is 7.72. The second-order valence-corrected chi connectivity index (χ2v) is 14.2. The number of carbonyl (C=O) groups excluding carboxylic acids is 4. The molecule has 1 aliphatic rings. The molecule has 1 aromatic heterocycles. The maximum atomic E-state index is 13.8. The number of rotatable bonds is 12. The number of esters is 1. The average molecular weight is 696 g/mol. The quantitative estimate of drug-likeness (QED) is 0.273. The lowest BCUT2D eigenvalue weighted by Crippen LogP contribution is -2.55. The minimum atomic E-state index is -3.83. The molecule has 2 heterocycles. The van der Waals surface area contributed by atoms with Crippen molar-refractivity contribution in [3.05, 3.63) is 78.1 Å². The van der Waals surface area contributed by atoms with Gasteiger partial charge in [0, 0.05) is 25.1 Å². The first kappa shape index (κ1) is 36.9. The molecule has 1 aliphatic heterocycles. The highest BCUT2D eigenvalue weighted by molar-refractivity contribution is 7.90. The minimum Gasteiger partial charge on any atom is -0.460 e. The predicted molar refractivity (Wildman–Crippen MR) is 177 cm³/mol. The van der Waals surface area contributed by atoms with Crippen LogP contribution in [0.2, 0.25) is 0 Å². The van der Waals surface area contributed by atoms with E-state index in [4.69, 9.17) is 14.3 Å². The second-order valence-electron chi connectivity index (χ2n) is 12.2. The Bertz CT molecular complexity index is 1720. The van der Waals surface area contributed by atoms with E-state index >= 15 is 0 Å². The lowest BCUT2D eigenvalue weighted by molar-refractivity contribution is -0.158. The first-order valence-electron chi connectivity index (χ1n) is 15.9. The number of piperazine rings is 1. The summed E-state index contributed by atoms with van der Waals surface area (Å²) in [6, 6.07) is 16.8. The van der Waals surface area contributed by atoms with Crippen molar-refractivity contribution in [2.24, 2.45) is 0 Å². The number of hydroxylamine groups is 2. The normalized spacial score (nSPS) is 14.4. The third-order valence-corrected chi connectivity index (χ3v) is 8.83. The van der Waals surface area contributed by atoms with Crippen molar-refractivity contribution in [3.8, 4) is 11.4 Å². The fraction of sp³-hybridized carbons (Fsp3) is 0.412. The first-order valence-corrected chi connectivity index (χ1v) is 17.5. The van der Waals surface area contributed by atoms with Gasteiger partial charge >= 0.3 is 12.1 Å². The number of hydrogen-bond donors (Lipinski definition) is 1. The van der Waals surface area contributed by atoms with Gasteiger partial charge < -0.3 is 24.5 Å². The van der Waals surface area contributed by atoms with E-state index in [0.29, 0.717) is 5.56 Å². The van der Waals surface area contributed by atoms with E-state index in [1.54, 1.807) is 76.2 Å². The minimum absolute atomic E-state index is 0.0785. The lowest BCUT2D eigenvalue weighted by atomic mass is 10.1. The van der Waals surface area contributed by atoms with Crippen LogP contribution in [0.3, 0.4) is 0 Å². The van der Waals surface area contributed by atoms with Crippen molar-refractivity contribution in [1.29, 1.82) is 0 Å². The molecule has 1 N–H and O–H groups in total. The van der Waals surface area contributed by atoms with E-state index in [2.05, 4.69) is 15.3 Å². The molecule has 1 atom stereocenters. The topological polar surface area (TPSA) is 174 Å². The molecule has 1 fully saturated rings. The summed E-state index contributed by atoms with van der Waals surface area (Å²) in [4.78, 5) is 67.5. The van der Waals surface area contributed by atoms with Crippen LogP contribution in [-0.4, -0.2) is 96.7 Å². The number of amides is 2. The van der Waals surface area contributed by atoms with E-state index in [1.807, 2.05) is 0 Å². The van der Waals surface area contributed by atoms with E-state index in [9.17, 15) is 27.6 Å². The molecule has 0 bridgehead atoms. The summed E-state index contributed by atoms with van der Waals surface area (Å²) >= 11 is 0. The number of benzene rings is 2. The van der Waals surface area contributed by atoms with Gasteiger partial charge in [-0.2, -0.15) is 0 Å². The molecule has 15 heteroatoms. The molecule has 0 aliphatic carbocycles. The third kappa shape index (κ3) is 11.1. The smallest absolute Gasteiger partial charge is 0.460 e. The van der Waals surface area contributed by atoms with E-state index in [0.717, 1.165) is 0 Å². The number of nitrogens with one attached hydrogen (secondary N) is 1. The Labute approximate surface area is 285 Å². The molecule has 0 saturated carbocycles. The molecule has 49 heavy (non-hydrogen) atoms. The molecule has 1 saturated heterocycles. The molecule has 0 radical (unpaired) electrons. The van der Waals surface area contributed by atoms with Gasteiger partial charge in [0.25, 0.3) is 5.91 Å². The van der Waals surface area contributed by atoms with Gasteiger partial charge in [0.05, 0.1) is 36.0 Å². The van der Waals surface area contributed by atoms with Crippen LogP contribution in [0.1, 0.15) is 56.7 Å². The number of hydrogen-bond acceptors (Lipinski definition) is 12. The molecular formula is C34H41N5O9S. The highest BCUT2D eigenvalue weighted by Crippen LogP contribution is 2.21. The average Bonchev–Trinajstić information content (AvgIpc) is 3.06. The maximum absolute atomic E-state index is 13.8. The highest BCUT2D eigenvalue weighted by Gasteiger charge is 2.32. The Kier molecular flexibility index (Phi) is 12.4. The Hall–Kier alpha value is -4.89. The predicted octanol–water partition coefficient (Wildman–Crippen LogP) is 3.57. The molecule has 4 rings (SSSR count). The summed E-state index contributed by atoms with van der Waals surface area (Å²) < 4.78 is 36.7. The standard InChI is InChI=1S/C34H41N5O9S/c1-5-46-33(43)48-39-20-18-38(19-21-39)32(42)27(16-17-29(40)47-34(2,3)4)37-31(41)28-22-25(23-49(44,45)26-14-10-7-11-15-26)35-30(36-28)24-12-8-6-9-13-24/h6-15,22,27H,5,16-21,23H2,1-4H3,(H,37,41)/t27-/m0/s1. The van der Waals surface area contributed by atoms with Gasteiger partial charge in [0.2, 0.25) is 5.91 Å². The summed E-state index contributed by atoms with van der Waals surface area (Å²) in [5.74, 6) is -2.14. The summed E-state index contributed by atoms with van der Waals surface area (Å²) in [7, 11) is -3.83. The largest absolute Gasteiger partial charge is 0.527 e.